The molecule has 22 heavy (non-hydrogen) atoms. The molecule has 4 rings (SSSR count). The summed E-state index contributed by atoms with van der Waals surface area (Å²) < 4.78 is 2.44. The second-order valence-corrected chi connectivity index (χ2v) is 6.01. The van der Waals surface area contributed by atoms with E-state index in [0.29, 0.717) is 6.04 Å². The number of imidazole rings is 1. The number of fused-ring (bicyclic) bond motifs is 1. The number of aryl methyl sites for hydroxylation is 1. The first-order valence-corrected chi connectivity index (χ1v) is 8.01. The Bertz CT molecular complexity index is 776. The van der Waals surface area contributed by atoms with Gasteiger partial charge in [-0.1, -0.05) is 60.7 Å². The molecule has 1 heterocycles. The lowest BCUT2D eigenvalue weighted by molar-refractivity contribution is 0.605. The lowest BCUT2D eigenvalue weighted by atomic mass is 10.00. The molecule has 1 aromatic heterocycles. The molecule has 0 amide bonds. The Kier molecular flexibility index (Phi) is 3.30. The molecule has 0 N–H and O–H groups in total. The molecule has 2 aromatic rings. The fourth-order valence-electron chi connectivity index (χ4n) is 3.47. The van der Waals surface area contributed by atoms with Gasteiger partial charge in [0.15, 0.2) is 0 Å². The molecule has 2 aliphatic rings. The highest BCUT2D eigenvalue weighted by Gasteiger charge is 2.25. The zero-order valence-corrected chi connectivity index (χ0v) is 12.9. The Hall–Kier alpha value is -2.35. The molecule has 0 saturated carbocycles. The largest absolute Gasteiger partial charge is 0.317 e. The van der Waals surface area contributed by atoms with Crippen LogP contribution in [0.4, 0.5) is 0 Å². The van der Waals surface area contributed by atoms with Crippen molar-refractivity contribution in [3.05, 3.63) is 72.1 Å². The fraction of sp³-hybridized carbons (Fsp3) is 0.250. The number of rotatable bonds is 2. The summed E-state index contributed by atoms with van der Waals surface area (Å²) in [6, 6.07) is 10.9. The maximum atomic E-state index is 5.01. The zero-order valence-electron chi connectivity index (χ0n) is 12.9. The van der Waals surface area contributed by atoms with Crippen LogP contribution in [0.25, 0.3) is 17.0 Å². The molecule has 0 bridgehead atoms. The molecule has 1 unspecified atom stereocenters. The van der Waals surface area contributed by atoms with E-state index in [1.54, 1.807) is 0 Å². The van der Waals surface area contributed by atoms with E-state index < -0.39 is 0 Å². The molecule has 1 atom stereocenters. The summed E-state index contributed by atoms with van der Waals surface area (Å²) in [5.41, 5.74) is 5.14. The monoisotopic (exact) mass is 288 g/mol. The molecule has 0 saturated heterocycles. The van der Waals surface area contributed by atoms with E-state index >= 15 is 0 Å². The van der Waals surface area contributed by atoms with Crippen molar-refractivity contribution in [3.8, 4) is 11.4 Å². The summed E-state index contributed by atoms with van der Waals surface area (Å²) in [6.07, 6.45) is 14.3. The first kappa shape index (κ1) is 13.3. The summed E-state index contributed by atoms with van der Waals surface area (Å²) in [4.78, 5) is 5.01. The van der Waals surface area contributed by atoms with E-state index in [1.807, 2.05) is 0 Å². The van der Waals surface area contributed by atoms with Crippen molar-refractivity contribution in [1.82, 2.24) is 9.55 Å². The van der Waals surface area contributed by atoms with E-state index in [-0.39, 0.29) is 0 Å². The van der Waals surface area contributed by atoms with Crippen LogP contribution >= 0.6 is 0 Å². The summed E-state index contributed by atoms with van der Waals surface area (Å²) in [5, 5.41) is 0. The van der Waals surface area contributed by atoms with Gasteiger partial charge in [0.2, 0.25) is 0 Å². The van der Waals surface area contributed by atoms with E-state index in [9.17, 15) is 0 Å². The number of benzene rings is 1. The van der Waals surface area contributed by atoms with Gasteiger partial charge in [-0.3, -0.25) is 0 Å². The minimum absolute atomic E-state index is 0.359. The summed E-state index contributed by atoms with van der Waals surface area (Å²) in [6.45, 7) is 2.22. The van der Waals surface area contributed by atoms with Crippen LogP contribution < -0.4 is 0 Å². The molecular formula is C20H20N2. The van der Waals surface area contributed by atoms with Gasteiger partial charge >= 0.3 is 0 Å². The molecular weight excluding hydrogens is 268 g/mol. The first-order chi connectivity index (χ1) is 10.8. The summed E-state index contributed by atoms with van der Waals surface area (Å²) in [5.74, 6) is 1.10. The van der Waals surface area contributed by atoms with Gasteiger partial charge in [-0.25, -0.2) is 4.98 Å². The van der Waals surface area contributed by atoms with Crippen molar-refractivity contribution in [2.75, 3.05) is 0 Å². The highest BCUT2D eigenvalue weighted by Crippen LogP contribution is 2.36. The average molecular weight is 288 g/mol. The molecule has 0 fully saturated rings. The maximum Gasteiger partial charge on any atom is 0.141 e. The maximum absolute atomic E-state index is 5.01. The van der Waals surface area contributed by atoms with Gasteiger partial charge in [0, 0.05) is 5.56 Å². The molecule has 2 heteroatoms. The van der Waals surface area contributed by atoms with Crippen LogP contribution in [-0.2, 0) is 6.42 Å². The lowest BCUT2D eigenvalue weighted by Crippen LogP contribution is -2.13. The average Bonchev–Trinajstić information content (AvgIpc) is 2.97. The molecule has 1 aromatic carbocycles. The SMILES string of the molecule is CC1=CCCc2nc(-c3ccccc3)n(C3C=CC=CC3)c21. The summed E-state index contributed by atoms with van der Waals surface area (Å²) in [7, 11) is 0. The fourth-order valence-corrected chi connectivity index (χ4v) is 3.47. The van der Waals surface area contributed by atoms with Crippen LogP contribution in [0.1, 0.15) is 37.2 Å². The van der Waals surface area contributed by atoms with E-state index in [0.717, 1.165) is 25.1 Å². The minimum atomic E-state index is 0.359. The zero-order chi connectivity index (χ0) is 14.9. The Morgan fingerprint density at radius 1 is 1.14 bits per heavy atom. The highest BCUT2D eigenvalue weighted by atomic mass is 15.1. The Morgan fingerprint density at radius 2 is 2.00 bits per heavy atom. The van der Waals surface area contributed by atoms with Crippen molar-refractivity contribution < 1.29 is 0 Å². The molecule has 110 valence electrons. The third-order valence-corrected chi connectivity index (χ3v) is 4.51. The third-order valence-electron chi connectivity index (χ3n) is 4.51. The highest BCUT2D eigenvalue weighted by molar-refractivity contribution is 5.70. The lowest BCUT2D eigenvalue weighted by Gasteiger charge is -2.22. The van der Waals surface area contributed by atoms with Gasteiger partial charge in [0.25, 0.3) is 0 Å². The summed E-state index contributed by atoms with van der Waals surface area (Å²) >= 11 is 0. The van der Waals surface area contributed by atoms with Gasteiger partial charge in [-0.15, -0.1) is 0 Å². The predicted octanol–water partition coefficient (Wildman–Crippen LogP) is 4.96. The molecule has 0 aliphatic heterocycles. The molecule has 0 spiro atoms. The standard InChI is InChI=1S/C20H20N2/c1-15-9-8-14-18-19(15)22(17-12-6-3-7-13-17)20(21-18)16-10-4-2-5-11-16/h2-7,9-12,17H,8,13-14H2,1H3. The normalized spacial score (nSPS) is 19.9. The van der Waals surface area contributed by atoms with Crippen LogP contribution in [0, 0.1) is 0 Å². The Labute approximate surface area is 131 Å². The number of hydrogen-bond acceptors (Lipinski definition) is 1. The van der Waals surface area contributed by atoms with Crippen molar-refractivity contribution in [2.24, 2.45) is 0 Å². The number of allylic oxidation sites excluding steroid dienone is 6. The van der Waals surface area contributed by atoms with Gasteiger partial charge in [-0.05, 0) is 31.8 Å². The Balaban J connectivity index is 1.93. The van der Waals surface area contributed by atoms with E-state index in [4.69, 9.17) is 4.98 Å². The second-order valence-electron chi connectivity index (χ2n) is 6.01. The van der Waals surface area contributed by atoms with Crippen molar-refractivity contribution in [2.45, 2.75) is 32.2 Å². The number of hydrogen-bond donors (Lipinski definition) is 0. The first-order valence-electron chi connectivity index (χ1n) is 8.01. The number of nitrogens with zero attached hydrogens (tertiary/aromatic N) is 2. The van der Waals surface area contributed by atoms with Gasteiger partial charge in [-0.2, -0.15) is 0 Å². The van der Waals surface area contributed by atoms with Crippen LogP contribution in [0.2, 0.25) is 0 Å². The van der Waals surface area contributed by atoms with Crippen molar-refractivity contribution in [1.29, 1.82) is 0 Å². The van der Waals surface area contributed by atoms with Crippen LogP contribution in [0.5, 0.6) is 0 Å². The van der Waals surface area contributed by atoms with Crippen LogP contribution in [-0.4, -0.2) is 9.55 Å². The second kappa shape index (κ2) is 5.45. The topological polar surface area (TPSA) is 17.8 Å². The van der Waals surface area contributed by atoms with Gasteiger partial charge in [0.05, 0.1) is 17.4 Å². The molecule has 2 nitrogen and oxygen atoms in total. The quantitative estimate of drug-likeness (QED) is 0.764. The Morgan fingerprint density at radius 3 is 2.77 bits per heavy atom. The van der Waals surface area contributed by atoms with Gasteiger partial charge < -0.3 is 4.57 Å². The van der Waals surface area contributed by atoms with E-state index in [2.05, 4.69) is 72.2 Å². The third kappa shape index (κ3) is 2.16. The smallest absolute Gasteiger partial charge is 0.141 e. The van der Waals surface area contributed by atoms with Crippen molar-refractivity contribution in [3.63, 3.8) is 0 Å². The van der Waals surface area contributed by atoms with Crippen molar-refractivity contribution >= 4 is 5.57 Å². The molecule has 2 aliphatic carbocycles. The van der Waals surface area contributed by atoms with Gasteiger partial charge in [0.1, 0.15) is 5.82 Å². The number of aromatic nitrogens is 2. The predicted molar refractivity (Wildman–Crippen MR) is 91.6 cm³/mol. The van der Waals surface area contributed by atoms with E-state index in [1.165, 1.54) is 22.5 Å². The minimum Gasteiger partial charge on any atom is -0.317 e. The molecule has 0 radical (unpaired) electrons. The van der Waals surface area contributed by atoms with Crippen LogP contribution in [0.15, 0.2) is 60.7 Å². The van der Waals surface area contributed by atoms with Crippen LogP contribution in [0.3, 0.4) is 0 Å².